The molecule has 2 aromatic heterocycles. The van der Waals surface area contributed by atoms with Crippen LogP contribution in [0, 0.1) is 5.82 Å². The zero-order valence-electron chi connectivity index (χ0n) is 15.5. The van der Waals surface area contributed by atoms with E-state index in [1.807, 2.05) is 6.92 Å². The maximum Gasteiger partial charge on any atom is 0.232 e. The summed E-state index contributed by atoms with van der Waals surface area (Å²) >= 11 is 0. The van der Waals surface area contributed by atoms with Crippen LogP contribution in [0.1, 0.15) is 26.7 Å². The smallest absolute Gasteiger partial charge is 0.232 e. The predicted octanol–water partition coefficient (Wildman–Crippen LogP) is 3.87. The van der Waals surface area contributed by atoms with Crippen LogP contribution in [-0.4, -0.2) is 30.0 Å². The molecule has 1 aromatic carbocycles. The van der Waals surface area contributed by atoms with Gasteiger partial charge in [-0.1, -0.05) is 13.0 Å². The number of carbonyl (C=O) groups excluding carboxylic acids is 1. The zero-order valence-corrected chi connectivity index (χ0v) is 16.4. The lowest BCUT2D eigenvalue weighted by atomic mass is 10.0. The largest absolute Gasteiger partial charge is 0.346 e. The third-order valence-corrected chi connectivity index (χ3v) is 5.49. The molecule has 0 bridgehead atoms. The van der Waals surface area contributed by atoms with Crippen LogP contribution < -0.4 is 10.0 Å². The molecule has 0 aliphatic carbocycles. The number of aromatic amines is 1. The molecule has 148 valence electrons. The fraction of sp³-hybridized carbons (Fsp3) is 0.263. The summed E-state index contributed by atoms with van der Waals surface area (Å²) in [5.74, 6) is -0.628. The number of benzene rings is 1. The molecular formula is C19H21FN4O3S. The number of nitrogens with zero attached hydrogens (tertiary/aromatic N) is 1. The van der Waals surface area contributed by atoms with Gasteiger partial charge in [0.1, 0.15) is 17.3 Å². The summed E-state index contributed by atoms with van der Waals surface area (Å²) in [7, 11) is -3.58. The highest BCUT2D eigenvalue weighted by Gasteiger charge is 2.15. The van der Waals surface area contributed by atoms with Crippen LogP contribution in [0.4, 0.5) is 15.9 Å². The van der Waals surface area contributed by atoms with Crippen molar-refractivity contribution in [3.8, 4) is 11.1 Å². The molecular weight excluding hydrogens is 383 g/mol. The van der Waals surface area contributed by atoms with E-state index in [0.717, 1.165) is 5.39 Å². The number of H-pyrrole nitrogens is 1. The third-order valence-electron chi connectivity index (χ3n) is 4.20. The Morgan fingerprint density at radius 2 is 2.00 bits per heavy atom. The molecule has 3 aromatic rings. The van der Waals surface area contributed by atoms with Gasteiger partial charge in [0.15, 0.2) is 0 Å². The Bertz CT molecular complexity index is 1130. The van der Waals surface area contributed by atoms with E-state index in [1.54, 1.807) is 24.4 Å². The van der Waals surface area contributed by atoms with E-state index >= 15 is 0 Å². The van der Waals surface area contributed by atoms with E-state index in [0.29, 0.717) is 35.4 Å². The lowest BCUT2D eigenvalue weighted by Crippen LogP contribution is -2.15. The second-order valence-electron chi connectivity index (χ2n) is 6.29. The van der Waals surface area contributed by atoms with Crippen LogP contribution in [0.3, 0.4) is 0 Å². The Kier molecular flexibility index (Phi) is 5.64. The highest BCUT2D eigenvalue weighted by Crippen LogP contribution is 2.32. The minimum absolute atomic E-state index is 0.110. The van der Waals surface area contributed by atoms with Crippen molar-refractivity contribution < 1.29 is 17.6 Å². The number of hydrogen-bond donors (Lipinski definition) is 3. The average Bonchev–Trinajstić information content (AvgIpc) is 3.11. The number of aromatic nitrogens is 2. The number of amides is 1. The summed E-state index contributed by atoms with van der Waals surface area (Å²) < 4.78 is 40.1. The van der Waals surface area contributed by atoms with Gasteiger partial charge in [-0.25, -0.2) is 17.8 Å². The van der Waals surface area contributed by atoms with Crippen molar-refractivity contribution in [3.63, 3.8) is 0 Å². The molecule has 0 unspecified atom stereocenters. The quantitative estimate of drug-likeness (QED) is 0.556. The van der Waals surface area contributed by atoms with Gasteiger partial charge in [0.25, 0.3) is 0 Å². The summed E-state index contributed by atoms with van der Waals surface area (Å²) in [5, 5.41) is 3.50. The molecule has 0 radical (unpaired) electrons. The summed E-state index contributed by atoms with van der Waals surface area (Å²) in [6, 6.07) is 7.74. The molecule has 28 heavy (non-hydrogen) atoms. The number of anilines is 2. The van der Waals surface area contributed by atoms with Crippen LogP contribution in [0.25, 0.3) is 22.2 Å². The van der Waals surface area contributed by atoms with Gasteiger partial charge in [0.2, 0.25) is 15.9 Å². The molecule has 0 saturated heterocycles. The minimum Gasteiger partial charge on any atom is -0.346 e. The number of fused-ring (bicyclic) bond motifs is 1. The zero-order chi connectivity index (χ0) is 20.3. The summed E-state index contributed by atoms with van der Waals surface area (Å²) in [6.45, 7) is 3.38. The standard InChI is InChI=1S/C19H21FN4O3S/c1-3-5-18(25)22-17-11-14(13-8-9-21-19(13)23-17)12-6-7-16(15(20)10-12)24-28(26,27)4-2/h6-11,24H,3-5H2,1-2H3,(H2,21,22,23,25). The fourth-order valence-electron chi connectivity index (χ4n) is 2.78. The Morgan fingerprint density at radius 1 is 1.21 bits per heavy atom. The predicted molar refractivity (Wildman–Crippen MR) is 108 cm³/mol. The van der Waals surface area contributed by atoms with Crippen molar-refractivity contribution in [1.29, 1.82) is 0 Å². The topological polar surface area (TPSA) is 104 Å². The lowest BCUT2D eigenvalue weighted by molar-refractivity contribution is -0.116. The van der Waals surface area contributed by atoms with Gasteiger partial charge in [0, 0.05) is 18.0 Å². The maximum atomic E-state index is 14.5. The molecule has 0 spiro atoms. The molecule has 0 atom stereocenters. The molecule has 9 heteroatoms. The van der Waals surface area contributed by atoms with Crippen LogP contribution >= 0.6 is 0 Å². The molecule has 0 saturated carbocycles. The number of halogens is 1. The van der Waals surface area contributed by atoms with Crippen molar-refractivity contribution in [3.05, 3.63) is 42.3 Å². The Morgan fingerprint density at radius 3 is 2.68 bits per heavy atom. The summed E-state index contributed by atoms with van der Waals surface area (Å²) in [5.41, 5.74) is 1.65. The maximum absolute atomic E-state index is 14.5. The second kappa shape index (κ2) is 7.97. The Labute approximate surface area is 162 Å². The molecule has 2 heterocycles. The van der Waals surface area contributed by atoms with Gasteiger partial charge in [-0.15, -0.1) is 0 Å². The van der Waals surface area contributed by atoms with Crippen molar-refractivity contribution >= 4 is 38.5 Å². The third kappa shape index (κ3) is 4.30. The van der Waals surface area contributed by atoms with Crippen molar-refractivity contribution in [2.24, 2.45) is 0 Å². The van der Waals surface area contributed by atoms with Gasteiger partial charge in [-0.05, 0) is 48.7 Å². The summed E-state index contributed by atoms with van der Waals surface area (Å²) in [4.78, 5) is 19.3. The van der Waals surface area contributed by atoms with E-state index < -0.39 is 15.8 Å². The van der Waals surface area contributed by atoms with Crippen LogP contribution in [0.5, 0.6) is 0 Å². The molecule has 3 N–H and O–H groups in total. The molecule has 0 fully saturated rings. The Balaban J connectivity index is 2.01. The number of rotatable bonds is 7. The van der Waals surface area contributed by atoms with Gasteiger partial charge in [-0.2, -0.15) is 0 Å². The van der Waals surface area contributed by atoms with E-state index in [9.17, 15) is 17.6 Å². The van der Waals surface area contributed by atoms with Gasteiger partial charge in [0.05, 0.1) is 11.4 Å². The van der Waals surface area contributed by atoms with E-state index in [-0.39, 0.29) is 17.3 Å². The van der Waals surface area contributed by atoms with Crippen molar-refractivity contribution in [1.82, 2.24) is 9.97 Å². The normalized spacial score (nSPS) is 11.5. The van der Waals surface area contributed by atoms with E-state index in [1.165, 1.54) is 19.1 Å². The van der Waals surface area contributed by atoms with Gasteiger partial charge >= 0.3 is 0 Å². The first-order chi connectivity index (χ1) is 13.3. The number of sulfonamides is 1. The minimum atomic E-state index is -3.58. The molecule has 0 aliphatic rings. The summed E-state index contributed by atoms with van der Waals surface area (Å²) in [6.07, 6.45) is 2.80. The number of pyridine rings is 1. The number of hydrogen-bond acceptors (Lipinski definition) is 4. The number of carbonyl (C=O) groups is 1. The first kappa shape index (κ1) is 19.8. The van der Waals surface area contributed by atoms with Gasteiger partial charge < -0.3 is 10.3 Å². The number of nitrogens with one attached hydrogen (secondary N) is 3. The lowest BCUT2D eigenvalue weighted by Gasteiger charge is -2.11. The fourth-order valence-corrected chi connectivity index (χ4v) is 3.42. The Hall–Kier alpha value is -2.94. The highest BCUT2D eigenvalue weighted by atomic mass is 32.2. The van der Waals surface area contributed by atoms with E-state index in [2.05, 4.69) is 20.0 Å². The van der Waals surface area contributed by atoms with Crippen LogP contribution in [0.2, 0.25) is 0 Å². The van der Waals surface area contributed by atoms with Crippen molar-refractivity contribution in [2.75, 3.05) is 15.8 Å². The van der Waals surface area contributed by atoms with Gasteiger partial charge in [-0.3, -0.25) is 9.52 Å². The molecule has 3 rings (SSSR count). The molecule has 0 aliphatic heterocycles. The first-order valence-electron chi connectivity index (χ1n) is 8.91. The average molecular weight is 404 g/mol. The highest BCUT2D eigenvalue weighted by molar-refractivity contribution is 7.92. The SMILES string of the molecule is CCCC(=O)Nc1cc(-c2ccc(NS(=O)(=O)CC)c(F)c2)c2cc[nH]c2n1. The van der Waals surface area contributed by atoms with E-state index in [4.69, 9.17) is 0 Å². The van der Waals surface area contributed by atoms with Crippen molar-refractivity contribution in [2.45, 2.75) is 26.7 Å². The first-order valence-corrected chi connectivity index (χ1v) is 10.6. The monoisotopic (exact) mass is 404 g/mol. The van der Waals surface area contributed by atoms with Crippen LogP contribution in [-0.2, 0) is 14.8 Å². The molecule has 1 amide bonds. The second-order valence-corrected chi connectivity index (χ2v) is 8.30. The molecule has 7 nitrogen and oxygen atoms in total. The van der Waals surface area contributed by atoms with Crippen LogP contribution in [0.15, 0.2) is 36.5 Å².